The van der Waals surface area contributed by atoms with E-state index in [0.717, 1.165) is 11.0 Å². The molecule has 2 N–H and O–H groups in total. The van der Waals surface area contributed by atoms with Crippen molar-refractivity contribution in [2.45, 2.75) is 50.2 Å². The molecule has 14 heteroatoms. The fraction of sp³-hybridized carbons (Fsp3) is 0.379. The summed E-state index contributed by atoms with van der Waals surface area (Å²) < 4.78 is 95.3. The van der Waals surface area contributed by atoms with Crippen LogP contribution in [0.15, 0.2) is 48.7 Å². The number of anilines is 2. The van der Waals surface area contributed by atoms with Gasteiger partial charge in [0.25, 0.3) is 0 Å². The van der Waals surface area contributed by atoms with Gasteiger partial charge in [-0.1, -0.05) is 17.7 Å². The van der Waals surface area contributed by atoms with E-state index in [-0.39, 0.29) is 41.9 Å². The summed E-state index contributed by atoms with van der Waals surface area (Å²) in [5, 5.41) is 19.7. The Morgan fingerprint density at radius 2 is 1.60 bits per heavy atom. The number of pyridine rings is 1. The number of carbonyl (C=O) groups is 1. The number of likely N-dealkylation sites (N-methyl/N-ethyl adjacent to an activating group) is 1. The maximum Gasteiger partial charge on any atom is 0.416 e. The van der Waals surface area contributed by atoms with Crippen LogP contribution in [0.2, 0.25) is 5.02 Å². The van der Waals surface area contributed by atoms with E-state index in [0.29, 0.717) is 23.5 Å². The Kier molecular flexibility index (Phi) is 8.75. The minimum absolute atomic E-state index is 0.0122. The zero-order valence-electron chi connectivity index (χ0n) is 23.1. The van der Waals surface area contributed by atoms with Crippen molar-refractivity contribution in [1.29, 1.82) is 0 Å². The zero-order valence-corrected chi connectivity index (χ0v) is 23.8. The number of nitrogens with zero attached hydrogens (tertiary/aromatic N) is 3. The molecule has 0 radical (unpaired) electrons. The van der Waals surface area contributed by atoms with E-state index in [4.69, 9.17) is 11.6 Å². The third kappa shape index (κ3) is 6.58. The average Bonchev–Trinajstić information content (AvgIpc) is 3.32. The molecule has 232 valence electrons. The van der Waals surface area contributed by atoms with Crippen LogP contribution in [0.3, 0.4) is 0 Å². The van der Waals surface area contributed by atoms with E-state index in [9.17, 15) is 45.7 Å². The summed E-state index contributed by atoms with van der Waals surface area (Å²) in [6, 6.07) is 5.80. The molecule has 1 fully saturated rings. The Morgan fingerprint density at radius 3 is 2.14 bits per heavy atom. The molecule has 0 saturated carbocycles. The molecule has 2 atom stereocenters. The molecule has 1 aliphatic heterocycles. The summed E-state index contributed by atoms with van der Waals surface area (Å²) in [7, 11) is 1.28. The molecular weight excluding hydrogens is 607 g/mol. The fourth-order valence-corrected chi connectivity index (χ4v) is 5.25. The summed E-state index contributed by atoms with van der Waals surface area (Å²) in [6.45, 7) is 2.26. The highest BCUT2D eigenvalue weighted by Crippen LogP contribution is 2.41. The van der Waals surface area contributed by atoms with Crippen LogP contribution in [0.25, 0.3) is 11.1 Å². The van der Waals surface area contributed by atoms with Crippen molar-refractivity contribution in [3.05, 3.63) is 76.2 Å². The lowest BCUT2D eigenvalue weighted by atomic mass is 9.81. The first-order valence-electron chi connectivity index (χ1n) is 12.9. The van der Waals surface area contributed by atoms with Crippen molar-refractivity contribution in [1.82, 2.24) is 4.98 Å². The third-order valence-electron chi connectivity index (χ3n) is 7.51. The van der Waals surface area contributed by atoms with Crippen LogP contribution in [0, 0.1) is 5.82 Å². The molecule has 6 nitrogen and oxygen atoms in total. The van der Waals surface area contributed by atoms with Crippen molar-refractivity contribution >= 4 is 29.0 Å². The first-order valence-corrected chi connectivity index (χ1v) is 13.3. The minimum Gasteiger partial charge on any atom is -0.394 e. The highest BCUT2D eigenvalue weighted by Gasteiger charge is 2.41. The number of aliphatic hydroxyl groups is 2. The molecule has 0 aliphatic carbocycles. The van der Waals surface area contributed by atoms with Crippen molar-refractivity contribution in [2.24, 2.45) is 0 Å². The second-order valence-electron chi connectivity index (χ2n) is 10.9. The second kappa shape index (κ2) is 11.6. The molecule has 2 heterocycles. The summed E-state index contributed by atoms with van der Waals surface area (Å²) in [5.74, 6) is -1.30. The summed E-state index contributed by atoms with van der Waals surface area (Å²) >= 11 is 6.01. The van der Waals surface area contributed by atoms with Gasteiger partial charge < -0.3 is 20.0 Å². The lowest BCUT2D eigenvalue weighted by molar-refractivity contribution is -0.143. The van der Waals surface area contributed by atoms with E-state index in [2.05, 4.69) is 4.98 Å². The number of carbonyl (C=O) groups excluding carboxylic acids is 1. The number of rotatable bonds is 6. The van der Waals surface area contributed by atoms with Gasteiger partial charge in [-0.15, -0.1) is 0 Å². The first-order chi connectivity index (χ1) is 19.8. The molecule has 1 aromatic heterocycles. The van der Waals surface area contributed by atoms with Gasteiger partial charge in [0, 0.05) is 19.2 Å². The van der Waals surface area contributed by atoms with Crippen LogP contribution in [-0.4, -0.2) is 53.4 Å². The van der Waals surface area contributed by atoms with Crippen molar-refractivity contribution < 1.29 is 45.7 Å². The van der Waals surface area contributed by atoms with E-state index < -0.39 is 58.3 Å². The molecule has 43 heavy (non-hydrogen) atoms. The largest absolute Gasteiger partial charge is 0.416 e. The predicted octanol–water partition coefficient (Wildman–Crippen LogP) is 6.45. The SMILES string of the molecule is CN(C(=O)C(C)(C)c1cc(C(F)(F)F)cc(C(F)(F)F)c1)c1cnc(N2C[C@H](O)C[C@H]2CO)cc1-c1ccc(F)c(Cl)c1. The van der Waals surface area contributed by atoms with E-state index >= 15 is 0 Å². The maximum absolute atomic E-state index is 14.0. The van der Waals surface area contributed by atoms with Gasteiger partial charge in [0.15, 0.2) is 0 Å². The van der Waals surface area contributed by atoms with Gasteiger partial charge in [0.2, 0.25) is 5.91 Å². The Hall–Kier alpha value is -3.42. The van der Waals surface area contributed by atoms with Crippen molar-refractivity contribution in [3.63, 3.8) is 0 Å². The lowest BCUT2D eigenvalue weighted by Crippen LogP contribution is -2.42. The summed E-state index contributed by atoms with van der Waals surface area (Å²) in [6.07, 6.45) is -9.43. The highest BCUT2D eigenvalue weighted by atomic mass is 35.5. The van der Waals surface area contributed by atoms with Gasteiger partial charge in [0.05, 0.1) is 52.2 Å². The molecule has 3 aromatic rings. The molecule has 1 saturated heterocycles. The Labute approximate surface area is 247 Å². The molecule has 1 amide bonds. The predicted molar refractivity (Wildman–Crippen MR) is 146 cm³/mol. The van der Waals surface area contributed by atoms with Gasteiger partial charge >= 0.3 is 12.4 Å². The van der Waals surface area contributed by atoms with Crippen LogP contribution >= 0.6 is 11.6 Å². The molecule has 2 aromatic carbocycles. The number of aromatic nitrogens is 1. The normalized spacial score (nSPS) is 17.8. The lowest BCUT2D eigenvalue weighted by Gasteiger charge is -2.32. The quantitative estimate of drug-likeness (QED) is 0.305. The number of benzene rings is 2. The molecule has 0 spiro atoms. The van der Waals surface area contributed by atoms with Gasteiger partial charge in [-0.05, 0) is 67.8 Å². The number of β-amino-alcohol motifs (C(OH)–C–C–N with tert-alkyl or cyclic N) is 1. The van der Waals surface area contributed by atoms with E-state index in [1.54, 1.807) is 4.90 Å². The third-order valence-corrected chi connectivity index (χ3v) is 7.80. The van der Waals surface area contributed by atoms with Gasteiger partial charge in [-0.2, -0.15) is 26.3 Å². The van der Waals surface area contributed by atoms with Crippen LogP contribution in [0.5, 0.6) is 0 Å². The standard InChI is InChI=1S/C29H27ClF7N3O3/c1-27(2,16-7-17(28(32,33)34)9-18(8-16)29(35,36)37)26(43)39(3)24-12-38-25(40-13-20(42)10-19(40)14-41)11-21(24)15-4-5-23(31)22(30)6-15/h4-9,11-12,19-20,41-42H,10,13-14H2,1-3H3/t19-,20+/m0/s1. The van der Waals surface area contributed by atoms with Crippen LogP contribution in [-0.2, 0) is 22.6 Å². The topological polar surface area (TPSA) is 76.9 Å². The second-order valence-corrected chi connectivity index (χ2v) is 11.3. The minimum atomic E-state index is -5.11. The number of hydrogen-bond donors (Lipinski definition) is 2. The number of alkyl halides is 6. The van der Waals surface area contributed by atoms with Crippen LogP contribution < -0.4 is 9.80 Å². The smallest absolute Gasteiger partial charge is 0.394 e. The summed E-state index contributed by atoms with van der Waals surface area (Å²) in [5.41, 5.74) is -4.84. The maximum atomic E-state index is 14.0. The van der Waals surface area contributed by atoms with Crippen LogP contribution in [0.1, 0.15) is 37.0 Å². The Balaban J connectivity index is 1.83. The van der Waals surface area contributed by atoms with E-state index in [1.807, 2.05) is 0 Å². The van der Waals surface area contributed by atoms with Crippen molar-refractivity contribution in [3.8, 4) is 11.1 Å². The zero-order chi connectivity index (χ0) is 32.1. The Morgan fingerprint density at radius 1 is 1.02 bits per heavy atom. The monoisotopic (exact) mass is 633 g/mol. The Bertz CT molecular complexity index is 1500. The highest BCUT2D eigenvalue weighted by molar-refractivity contribution is 6.31. The van der Waals surface area contributed by atoms with Gasteiger partial charge in [0.1, 0.15) is 11.6 Å². The molecule has 1 aliphatic rings. The average molecular weight is 634 g/mol. The van der Waals surface area contributed by atoms with Gasteiger partial charge in [-0.3, -0.25) is 4.79 Å². The first kappa shape index (κ1) is 32.5. The molecular formula is C29H27ClF7N3O3. The molecule has 0 bridgehead atoms. The molecule has 0 unspecified atom stereocenters. The fourth-order valence-electron chi connectivity index (χ4n) is 5.07. The number of hydrogen-bond acceptors (Lipinski definition) is 5. The number of amides is 1. The molecule has 4 rings (SSSR count). The van der Waals surface area contributed by atoms with E-state index in [1.165, 1.54) is 45.3 Å². The van der Waals surface area contributed by atoms with Gasteiger partial charge in [-0.25, -0.2) is 9.37 Å². The van der Waals surface area contributed by atoms with Crippen LogP contribution in [0.4, 0.5) is 42.2 Å². The van der Waals surface area contributed by atoms with Crippen molar-refractivity contribution in [2.75, 3.05) is 30.0 Å². The number of aliphatic hydroxyl groups excluding tert-OH is 2. The number of halogens is 8. The summed E-state index contributed by atoms with van der Waals surface area (Å²) in [4.78, 5) is 20.9.